The van der Waals surface area contributed by atoms with Crippen LogP contribution >= 0.6 is 0 Å². The summed E-state index contributed by atoms with van der Waals surface area (Å²) >= 11 is 0. The third kappa shape index (κ3) is 2.53. The first-order valence-corrected chi connectivity index (χ1v) is 8.03. The highest BCUT2D eigenvalue weighted by molar-refractivity contribution is 5.98. The van der Waals surface area contributed by atoms with Gasteiger partial charge in [-0.3, -0.25) is 14.9 Å². The third-order valence-corrected chi connectivity index (χ3v) is 4.53. The Morgan fingerprint density at radius 3 is 2.83 bits per heavy atom. The number of aromatic nitrogens is 2. The number of likely N-dealkylation sites (tertiary alicyclic amines) is 1. The van der Waals surface area contributed by atoms with Crippen molar-refractivity contribution in [3.8, 4) is 0 Å². The van der Waals surface area contributed by atoms with Crippen molar-refractivity contribution < 1.29 is 14.2 Å². The van der Waals surface area contributed by atoms with Crippen molar-refractivity contribution in [1.29, 1.82) is 0 Å². The van der Waals surface area contributed by atoms with Crippen LogP contribution in [-0.4, -0.2) is 32.4 Å². The Kier molecular flexibility index (Phi) is 3.51. The molecule has 1 aliphatic carbocycles. The van der Waals surface area contributed by atoms with Crippen molar-refractivity contribution in [2.24, 2.45) is 0 Å². The highest BCUT2D eigenvalue weighted by Gasteiger charge is 2.38. The maximum absolute atomic E-state index is 12.8. The Morgan fingerprint density at radius 1 is 1.29 bits per heavy atom. The van der Waals surface area contributed by atoms with Crippen LogP contribution in [0, 0.1) is 10.1 Å². The number of rotatable bonds is 4. The fourth-order valence-corrected chi connectivity index (χ4v) is 3.12. The van der Waals surface area contributed by atoms with Crippen LogP contribution in [0.15, 0.2) is 28.8 Å². The molecule has 0 N–H and O–H groups in total. The van der Waals surface area contributed by atoms with E-state index in [0.717, 1.165) is 25.7 Å². The lowest BCUT2D eigenvalue weighted by atomic mass is 10.1. The zero-order valence-corrected chi connectivity index (χ0v) is 12.9. The van der Waals surface area contributed by atoms with E-state index in [-0.39, 0.29) is 23.2 Å². The van der Waals surface area contributed by atoms with E-state index in [1.807, 2.05) is 0 Å². The molecule has 1 saturated heterocycles. The summed E-state index contributed by atoms with van der Waals surface area (Å²) in [6.07, 6.45) is 3.67. The van der Waals surface area contributed by atoms with Crippen LogP contribution in [0.5, 0.6) is 0 Å². The largest absolute Gasteiger partial charge is 0.337 e. The van der Waals surface area contributed by atoms with E-state index in [1.165, 1.54) is 12.1 Å². The van der Waals surface area contributed by atoms with E-state index in [9.17, 15) is 14.9 Å². The van der Waals surface area contributed by atoms with Crippen molar-refractivity contribution in [3.63, 3.8) is 0 Å². The fourth-order valence-electron chi connectivity index (χ4n) is 3.12. The lowest BCUT2D eigenvalue weighted by Crippen LogP contribution is -2.31. The predicted molar refractivity (Wildman–Crippen MR) is 82.4 cm³/mol. The monoisotopic (exact) mass is 328 g/mol. The van der Waals surface area contributed by atoms with Gasteiger partial charge in [-0.25, -0.2) is 0 Å². The molecule has 4 rings (SSSR count). The van der Waals surface area contributed by atoms with Gasteiger partial charge in [-0.2, -0.15) is 4.98 Å². The molecule has 1 aromatic carbocycles. The zero-order chi connectivity index (χ0) is 16.7. The first kappa shape index (κ1) is 14.8. The molecule has 2 aromatic rings. The molecule has 1 unspecified atom stereocenters. The molecule has 124 valence electrons. The van der Waals surface area contributed by atoms with Crippen LogP contribution in [0.25, 0.3) is 0 Å². The number of nitro groups is 1. The highest BCUT2D eigenvalue weighted by Crippen LogP contribution is 2.40. The van der Waals surface area contributed by atoms with Crippen LogP contribution < -0.4 is 0 Å². The van der Waals surface area contributed by atoms with Crippen LogP contribution in [0.4, 0.5) is 5.69 Å². The van der Waals surface area contributed by atoms with Crippen LogP contribution in [0.3, 0.4) is 0 Å². The lowest BCUT2D eigenvalue weighted by molar-refractivity contribution is -0.385. The quantitative estimate of drug-likeness (QED) is 0.631. The molecule has 1 aromatic heterocycles. The second-order valence-electron chi connectivity index (χ2n) is 6.20. The minimum atomic E-state index is -0.532. The molecule has 1 saturated carbocycles. The lowest BCUT2D eigenvalue weighted by Gasteiger charge is -2.21. The summed E-state index contributed by atoms with van der Waals surface area (Å²) in [5.74, 6) is 1.15. The van der Waals surface area contributed by atoms with E-state index >= 15 is 0 Å². The molecule has 8 nitrogen and oxygen atoms in total. The minimum Gasteiger partial charge on any atom is -0.337 e. The molecule has 2 aliphatic rings. The molecule has 8 heteroatoms. The van der Waals surface area contributed by atoms with Gasteiger partial charge in [0, 0.05) is 18.5 Å². The van der Waals surface area contributed by atoms with Crippen molar-refractivity contribution in [3.05, 3.63) is 51.7 Å². The molecule has 1 aliphatic heterocycles. The van der Waals surface area contributed by atoms with Gasteiger partial charge in [-0.05, 0) is 31.7 Å². The zero-order valence-electron chi connectivity index (χ0n) is 12.9. The van der Waals surface area contributed by atoms with Gasteiger partial charge in [-0.15, -0.1) is 0 Å². The molecule has 2 heterocycles. The molecule has 0 spiro atoms. The fraction of sp³-hybridized carbons (Fsp3) is 0.438. The number of carbonyl (C=O) groups excluding carboxylic acids is 1. The second-order valence-corrected chi connectivity index (χ2v) is 6.20. The Balaban J connectivity index is 1.62. The van der Waals surface area contributed by atoms with Crippen molar-refractivity contribution in [2.75, 3.05) is 6.54 Å². The van der Waals surface area contributed by atoms with E-state index in [4.69, 9.17) is 4.52 Å². The van der Waals surface area contributed by atoms with E-state index in [2.05, 4.69) is 10.1 Å². The maximum atomic E-state index is 12.8. The van der Waals surface area contributed by atoms with Gasteiger partial charge in [0.15, 0.2) is 5.82 Å². The molecule has 0 bridgehead atoms. The molecule has 24 heavy (non-hydrogen) atoms. The summed E-state index contributed by atoms with van der Waals surface area (Å²) in [4.78, 5) is 29.5. The number of benzene rings is 1. The molecular weight excluding hydrogens is 312 g/mol. The number of para-hydroxylation sites is 1. The topological polar surface area (TPSA) is 102 Å². The molecule has 2 fully saturated rings. The average molecular weight is 328 g/mol. The van der Waals surface area contributed by atoms with E-state index < -0.39 is 4.92 Å². The van der Waals surface area contributed by atoms with E-state index in [0.29, 0.717) is 24.2 Å². The van der Waals surface area contributed by atoms with Gasteiger partial charge >= 0.3 is 0 Å². The summed E-state index contributed by atoms with van der Waals surface area (Å²) < 4.78 is 5.35. The number of nitro benzene ring substituents is 1. The van der Waals surface area contributed by atoms with Crippen molar-refractivity contribution in [1.82, 2.24) is 15.0 Å². The Bertz CT molecular complexity index is 799. The summed E-state index contributed by atoms with van der Waals surface area (Å²) in [5.41, 5.74) is -0.0892. The van der Waals surface area contributed by atoms with Gasteiger partial charge in [0.1, 0.15) is 11.6 Å². The van der Waals surface area contributed by atoms with Gasteiger partial charge in [-0.1, -0.05) is 17.3 Å². The number of amides is 1. The number of hydrogen-bond donors (Lipinski definition) is 0. The summed E-state index contributed by atoms with van der Waals surface area (Å²) in [5, 5.41) is 15.2. The standard InChI is InChI=1S/C16H16N4O4/c21-16(11-4-1-2-5-12(11)20(22)23)19-9-3-6-13(19)15-17-14(18-24-15)10-7-8-10/h1-2,4-5,10,13H,3,6-9H2. The third-order valence-electron chi connectivity index (χ3n) is 4.53. The summed E-state index contributed by atoms with van der Waals surface area (Å²) in [6, 6.07) is 5.70. The summed E-state index contributed by atoms with van der Waals surface area (Å²) in [6.45, 7) is 0.524. The SMILES string of the molecule is O=C(c1ccccc1[N+](=O)[O-])N1CCCC1c1nc(C2CC2)no1. The number of carbonyl (C=O) groups is 1. The number of nitrogens with zero attached hydrogens (tertiary/aromatic N) is 4. The second kappa shape index (κ2) is 5.70. The Hall–Kier alpha value is -2.77. The van der Waals surface area contributed by atoms with Crippen LogP contribution in [-0.2, 0) is 0 Å². The van der Waals surface area contributed by atoms with E-state index in [1.54, 1.807) is 17.0 Å². The molecule has 1 amide bonds. The van der Waals surface area contributed by atoms with Gasteiger partial charge < -0.3 is 9.42 Å². The smallest absolute Gasteiger partial charge is 0.282 e. The van der Waals surface area contributed by atoms with Crippen LogP contribution in [0.1, 0.15) is 59.7 Å². The molecule has 0 radical (unpaired) electrons. The predicted octanol–water partition coefficient (Wildman–Crippen LogP) is 2.83. The normalized spacial score (nSPS) is 20.3. The molecular formula is C16H16N4O4. The molecule has 1 atom stereocenters. The van der Waals surface area contributed by atoms with Gasteiger partial charge in [0.25, 0.3) is 11.6 Å². The average Bonchev–Trinajstić information content (AvgIpc) is 3.12. The van der Waals surface area contributed by atoms with Crippen LogP contribution in [0.2, 0.25) is 0 Å². The van der Waals surface area contributed by atoms with Crippen molar-refractivity contribution >= 4 is 11.6 Å². The van der Waals surface area contributed by atoms with Gasteiger partial charge in [0.05, 0.1) is 4.92 Å². The first-order valence-electron chi connectivity index (χ1n) is 8.03. The minimum absolute atomic E-state index is 0.0938. The highest BCUT2D eigenvalue weighted by atomic mass is 16.6. The summed E-state index contributed by atoms with van der Waals surface area (Å²) in [7, 11) is 0. The number of hydrogen-bond acceptors (Lipinski definition) is 6. The first-order chi connectivity index (χ1) is 11.6. The van der Waals surface area contributed by atoms with Crippen molar-refractivity contribution in [2.45, 2.75) is 37.6 Å². The Morgan fingerprint density at radius 2 is 2.08 bits per heavy atom. The van der Waals surface area contributed by atoms with Gasteiger partial charge in [0.2, 0.25) is 5.89 Å². The Labute approximate surface area is 137 Å². The maximum Gasteiger partial charge on any atom is 0.282 e.